The van der Waals surface area contributed by atoms with E-state index in [-0.39, 0.29) is 5.82 Å². The van der Waals surface area contributed by atoms with Gasteiger partial charge >= 0.3 is 0 Å². The van der Waals surface area contributed by atoms with E-state index in [9.17, 15) is 4.39 Å². The van der Waals surface area contributed by atoms with Crippen LogP contribution in [0.4, 0.5) is 16.0 Å². The fourth-order valence-electron chi connectivity index (χ4n) is 3.54. The second-order valence-electron chi connectivity index (χ2n) is 6.00. The van der Waals surface area contributed by atoms with Crippen molar-refractivity contribution in [2.45, 2.75) is 31.8 Å². The van der Waals surface area contributed by atoms with Gasteiger partial charge in [0.05, 0.1) is 17.8 Å². The lowest BCUT2D eigenvalue weighted by Gasteiger charge is -2.57. The second kappa shape index (κ2) is 5.70. The Morgan fingerprint density at radius 2 is 2.00 bits per heavy atom. The Hall–Kier alpha value is -1.76. The number of nitrogens with zero attached hydrogens (tertiary/aromatic N) is 5. The number of rotatable bonds is 3. The van der Waals surface area contributed by atoms with Crippen molar-refractivity contribution in [2.24, 2.45) is 0 Å². The van der Waals surface area contributed by atoms with Gasteiger partial charge in [0.1, 0.15) is 12.1 Å². The van der Waals surface area contributed by atoms with Crippen molar-refractivity contribution >= 4 is 27.6 Å². The number of hydrogen-bond acceptors (Lipinski definition) is 5. The predicted molar refractivity (Wildman–Crippen MR) is 90.2 cm³/mol. The van der Waals surface area contributed by atoms with Crippen LogP contribution in [-0.2, 0) is 6.42 Å². The lowest BCUT2D eigenvalue weighted by atomic mass is 9.87. The van der Waals surface area contributed by atoms with Crippen molar-refractivity contribution in [1.29, 1.82) is 0 Å². The molecule has 2 aromatic rings. The van der Waals surface area contributed by atoms with E-state index < -0.39 is 0 Å². The smallest absolute Gasteiger partial charge is 0.187 e. The molecule has 3 saturated heterocycles. The normalized spacial score (nSPS) is 22.9. The molecule has 0 aromatic carbocycles. The van der Waals surface area contributed by atoms with Crippen LogP contribution in [0.1, 0.15) is 19.0 Å². The van der Waals surface area contributed by atoms with Gasteiger partial charge in [-0.3, -0.25) is 0 Å². The zero-order chi connectivity index (χ0) is 16.0. The molecule has 0 radical (unpaired) electrons. The summed E-state index contributed by atoms with van der Waals surface area (Å²) in [6, 6.07) is 4.76. The quantitative estimate of drug-likeness (QED) is 0.822. The van der Waals surface area contributed by atoms with E-state index in [2.05, 4.69) is 35.8 Å². The first-order chi connectivity index (χ1) is 11.2. The van der Waals surface area contributed by atoms with Gasteiger partial charge in [-0.15, -0.1) is 0 Å². The summed E-state index contributed by atoms with van der Waals surface area (Å²) in [5.41, 5.74) is 0.487. The van der Waals surface area contributed by atoms with Crippen molar-refractivity contribution in [2.75, 3.05) is 22.9 Å². The zero-order valence-corrected chi connectivity index (χ0v) is 14.4. The number of anilines is 2. The molecule has 120 valence electrons. The first-order valence-electron chi connectivity index (χ1n) is 7.81. The van der Waals surface area contributed by atoms with Gasteiger partial charge in [0.2, 0.25) is 0 Å². The van der Waals surface area contributed by atoms with Crippen LogP contribution >= 0.6 is 15.9 Å². The summed E-state index contributed by atoms with van der Waals surface area (Å²) < 4.78 is 15.4. The van der Waals surface area contributed by atoms with Crippen LogP contribution in [0, 0.1) is 5.82 Å². The molecule has 5 nitrogen and oxygen atoms in total. The zero-order valence-electron chi connectivity index (χ0n) is 12.8. The molecule has 2 bridgehead atoms. The Morgan fingerprint density at radius 3 is 2.65 bits per heavy atom. The molecule has 23 heavy (non-hydrogen) atoms. The number of aromatic nitrogens is 3. The minimum Gasteiger partial charge on any atom is -0.350 e. The number of piperazine rings is 1. The van der Waals surface area contributed by atoms with Crippen LogP contribution in [0.25, 0.3) is 0 Å². The number of aryl methyl sites for hydroxylation is 1. The molecule has 0 aliphatic carbocycles. The summed E-state index contributed by atoms with van der Waals surface area (Å²) in [6.07, 6.45) is 4.99. The highest BCUT2D eigenvalue weighted by Crippen LogP contribution is 2.38. The number of halogens is 2. The Kier molecular flexibility index (Phi) is 3.67. The molecular formula is C16H17BrFN5. The number of piperidine rings is 1. The topological polar surface area (TPSA) is 45.2 Å². The lowest BCUT2D eigenvalue weighted by Crippen LogP contribution is -2.69. The molecule has 3 fully saturated rings. The molecular weight excluding hydrogens is 361 g/mol. The molecule has 0 spiro atoms. The van der Waals surface area contributed by atoms with Gasteiger partial charge < -0.3 is 9.80 Å². The van der Waals surface area contributed by atoms with E-state index in [0.29, 0.717) is 30.0 Å². The highest BCUT2D eigenvalue weighted by molar-refractivity contribution is 9.10. The molecule has 0 saturated carbocycles. The van der Waals surface area contributed by atoms with Crippen LogP contribution < -0.4 is 9.80 Å². The highest BCUT2D eigenvalue weighted by Gasteiger charge is 2.46. The minimum absolute atomic E-state index is 0.274. The Labute approximate surface area is 142 Å². The van der Waals surface area contributed by atoms with Crippen molar-refractivity contribution in [3.05, 3.63) is 40.6 Å². The molecule has 7 heteroatoms. The highest BCUT2D eigenvalue weighted by atomic mass is 79.9. The van der Waals surface area contributed by atoms with Crippen LogP contribution in [0.2, 0.25) is 0 Å². The molecule has 2 atom stereocenters. The fourth-order valence-corrected chi connectivity index (χ4v) is 3.77. The Morgan fingerprint density at radius 1 is 1.22 bits per heavy atom. The van der Waals surface area contributed by atoms with Gasteiger partial charge in [-0.2, -0.15) is 0 Å². The average Bonchev–Trinajstić information content (AvgIpc) is 2.57. The predicted octanol–water partition coefficient (Wildman–Crippen LogP) is 2.80. The van der Waals surface area contributed by atoms with Gasteiger partial charge in [-0.25, -0.2) is 19.3 Å². The van der Waals surface area contributed by atoms with Crippen LogP contribution in [-0.4, -0.2) is 40.1 Å². The lowest BCUT2D eigenvalue weighted by molar-refractivity contribution is 0.286. The maximum atomic E-state index is 14.5. The third-order valence-electron chi connectivity index (χ3n) is 4.65. The maximum absolute atomic E-state index is 14.5. The third-order valence-corrected chi connectivity index (χ3v) is 5.12. The molecule has 0 amide bonds. The maximum Gasteiger partial charge on any atom is 0.187 e. The van der Waals surface area contributed by atoms with Gasteiger partial charge in [-0.05, 0) is 40.9 Å². The van der Waals surface area contributed by atoms with Crippen molar-refractivity contribution in [3.8, 4) is 0 Å². The van der Waals surface area contributed by atoms with Gasteiger partial charge in [0.25, 0.3) is 0 Å². The first-order valence-corrected chi connectivity index (χ1v) is 8.61. The minimum atomic E-state index is -0.274. The van der Waals surface area contributed by atoms with Crippen molar-refractivity contribution < 1.29 is 4.39 Å². The fraction of sp³-hybridized carbons (Fsp3) is 0.438. The number of fused-ring (bicyclic) bond motifs is 2. The summed E-state index contributed by atoms with van der Waals surface area (Å²) in [7, 11) is 0. The van der Waals surface area contributed by atoms with Gasteiger partial charge in [-0.1, -0.05) is 6.92 Å². The third kappa shape index (κ3) is 2.47. The first kappa shape index (κ1) is 14.8. The molecule has 0 N–H and O–H groups in total. The van der Waals surface area contributed by atoms with Crippen LogP contribution in [0.3, 0.4) is 0 Å². The SMILES string of the molecule is CCc1ncnc(N2CC3CC(C2)N3c2ccc(Br)cn2)c1F. The molecule has 2 aromatic heterocycles. The summed E-state index contributed by atoms with van der Waals surface area (Å²) in [5, 5.41) is 0. The van der Waals surface area contributed by atoms with Crippen LogP contribution in [0.15, 0.2) is 29.1 Å². The summed E-state index contributed by atoms with van der Waals surface area (Å²) in [6.45, 7) is 3.44. The Bertz CT molecular complexity index is 711. The number of pyridine rings is 1. The largest absolute Gasteiger partial charge is 0.350 e. The van der Waals surface area contributed by atoms with Gasteiger partial charge in [0, 0.05) is 23.8 Å². The van der Waals surface area contributed by atoms with Crippen molar-refractivity contribution in [3.63, 3.8) is 0 Å². The summed E-state index contributed by atoms with van der Waals surface area (Å²) in [4.78, 5) is 17.1. The van der Waals surface area contributed by atoms with E-state index in [1.807, 2.05) is 30.2 Å². The monoisotopic (exact) mass is 377 g/mol. The molecule has 3 aliphatic rings. The molecule has 5 rings (SSSR count). The van der Waals surface area contributed by atoms with E-state index in [0.717, 1.165) is 29.8 Å². The molecule has 5 heterocycles. The van der Waals surface area contributed by atoms with Gasteiger partial charge in [0.15, 0.2) is 11.6 Å². The standard InChI is InChI=1S/C16H17BrFN5/c1-2-13-15(18)16(21-9-20-13)22-7-11-5-12(8-22)23(11)14-4-3-10(17)6-19-14/h3-4,6,9,11-12H,2,5,7-8H2,1H3. The van der Waals surface area contributed by atoms with E-state index in [1.165, 1.54) is 6.33 Å². The molecule has 3 aliphatic heterocycles. The van der Waals surface area contributed by atoms with E-state index in [4.69, 9.17) is 0 Å². The van der Waals surface area contributed by atoms with Crippen molar-refractivity contribution in [1.82, 2.24) is 15.0 Å². The average molecular weight is 378 g/mol. The second-order valence-corrected chi connectivity index (χ2v) is 6.92. The van der Waals surface area contributed by atoms with Crippen LogP contribution in [0.5, 0.6) is 0 Å². The Balaban J connectivity index is 1.54. The summed E-state index contributed by atoms with van der Waals surface area (Å²) in [5.74, 6) is 1.16. The van der Waals surface area contributed by atoms with E-state index in [1.54, 1.807) is 0 Å². The molecule has 2 unspecified atom stereocenters. The van der Waals surface area contributed by atoms with E-state index >= 15 is 0 Å². The number of hydrogen-bond donors (Lipinski definition) is 0. The summed E-state index contributed by atoms with van der Waals surface area (Å²) >= 11 is 3.41.